The summed E-state index contributed by atoms with van der Waals surface area (Å²) < 4.78 is 7.08. The smallest absolute Gasteiger partial charge is 0.142 e. The maximum absolute atomic E-state index is 10.1. The van der Waals surface area contributed by atoms with Gasteiger partial charge in [-0.2, -0.15) is 0 Å². The normalized spacial score (nSPS) is 13.0. The van der Waals surface area contributed by atoms with E-state index in [9.17, 15) is 5.11 Å². The molecule has 2 aromatic rings. The van der Waals surface area contributed by atoms with E-state index in [2.05, 4.69) is 4.98 Å². The van der Waals surface area contributed by atoms with Gasteiger partial charge in [-0.15, -0.1) is 0 Å². The molecule has 0 aromatic carbocycles. The van der Waals surface area contributed by atoms with Gasteiger partial charge in [-0.1, -0.05) is 6.92 Å². The van der Waals surface area contributed by atoms with Crippen molar-refractivity contribution in [2.24, 2.45) is 7.05 Å². The Kier molecular flexibility index (Phi) is 2.60. The summed E-state index contributed by atoms with van der Waals surface area (Å²) in [5.74, 6) is 1.44. The minimum Gasteiger partial charge on any atom is -0.469 e. The number of aliphatic hydroxyl groups is 1. The van der Waals surface area contributed by atoms with Crippen molar-refractivity contribution in [2.45, 2.75) is 19.4 Å². The van der Waals surface area contributed by atoms with Crippen molar-refractivity contribution in [2.75, 3.05) is 0 Å². The Balaban J connectivity index is 2.36. The molecule has 2 rings (SSSR count). The number of aryl methyl sites for hydroxylation is 2. The van der Waals surface area contributed by atoms with Crippen molar-refractivity contribution in [3.05, 3.63) is 41.9 Å². The first kappa shape index (κ1) is 9.98. The van der Waals surface area contributed by atoms with Gasteiger partial charge in [0.05, 0.1) is 6.26 Å². The average Bonchev–Trinajstić information content (AvgIpc) is 2.84. The van der Waals surface area contributed by atoms with Crippen LogP contribution in [0.5, 0.6) is 0 Å². The third-order valence-corrected chi connectivity index (χ3v) is 2.50. The van der Waals surface area contributed by atoms with Gasteiger partial charge in [0, 0.05) is 31.4 Å². The van der Waals surface area contributed by atoms with E-state index >= 15 is 0 Å². The molecule has 0 spiro atoms. The van der Waals surface area contributed by atoms with Crippen molar-refractivity contribution < 1.29 is 9.52 Å². The first-order chi connectivity index (χ1) is 7.24. The van der Waals surface area contributed by atoms with Crippen LogP contribution in [0.4, 0.5) is 0 Å². The number of nitrogens with zero attached hydrogens (tertiary/aromatic N) is 2. The van der Waals surface area contributed by atoms with E-state index in [1.807, 2.05) is 20.2 Å². The van der Waals surface area contributed by atoms with Crippen LogP contribution in [0.3, 0.4) is 0 Å². The van der Waals surface area contributed by atoms with Crippen LogP contribution in [-0.2, 0) is 13.5 Å². The predicted octanol–water partition coefficient (Wildman–Crippen LogP) is 1.66. The maximum atomic E-state index is 10.1. The summed E-state index contributed by atoms with van der Waals surface area (Å²) in [5, 5.41) is 10.1. The van der Waals surface area contributed by atoms with Crippen LogP contribution in [0.2, 0.25) is 0 Å². The van der Waals surface area contributed by atoms with Crippen LogP contribution in [0, 0.1) is 0 Å². The van der Waals surface area contributed by atoms with Gasteiger partial charge in [-0.3, -0.25) is 0 Å². The third-order valence-electron chi connectivity index (χ3n) is 2.50. The summed E-state index contributed by atoms with van der Waals surface area (Å²) >= 11 is 0. The predicted molar refractivity (Wildman–Crippen MR) is 55.4 cm³/mol. The van der Waals surface area contributed by atoms with E-state index < -0.39 is 6.10 Å². The summed E-state index contributed by atoms with van der Waals surface area (Å²) in [6, 6.07) is 1.79. The zero-order valence-corrected chi connectivity index (χ0v) is 8.84. The Hall–Kier alpha value is -1.55. The summed E-state index contributed by atoms with van der Waals surface area (Å²) in [4.78, 5) is 4.12. The fraction of sp³-hybridized carbons (Fsp3) is 0.364. The van der Waals surface area contributed by atoms with Crippen LogP contribution in [0.15, 0.2) is 29.1 Å². The SMILES string of the molecule is CCc1occc1C(O)c1nccn1C. The molecule has 4 heteroatoms. The highest BCUT2D eigenvalue weighted by Crippen LogP contribution is 2.24. The van der Waals surface area contributed by atoms with E-state index in [0.717, 1.165) is 17.7 Å². The van der Waals surface area contributed by atoms with Crippen LogP contribution < -0.4 is 0 Å². The second kappa shape index (κ2) is 3.90. The lowest BCUT2D eigenvalue weighted by atomic mass is 10.1. The van der Waals surface area contributed by atoms with E-state index in [1.54, 1.807) is 23.1 Å². The minimum absolute atomic E-state index is 0.631. The van der Waals surface area contributed by atoms with Crippen LogP contribution >= 0.6 is 0 Å². The Labute approximate surface area is 88.2 Å². The molecule has 80 valence electrons. The summed E-state index contributed by atoms with van der Waals surface area (Å²) in [6.45, 7) is 1.99. The average molecular weight is 206 g/mol. The van der Waals surface area contributed by atoms with Gasteiger partial charge in [-0.05, 0) is 6.07 Å². The van der Waals surface area contributed by atoms with Crippen molar-refractivity contribution in [1.29, 1.82) is 0 Å². The number of aromatic nitrogens is 2. The van der Waals surface area contributed by atoms with Crippen LogP contribution in [-0.4, -0.2) is 14.7 Å². The molecule has 0 radical (unpaired) electrons. The molecule has 0 aliphatic carbocycles. The number of rotatable bonds is 3. The van der Waals surface area contributed by atoms with Crippen LogP contribution in [0.1, 0.15) is 30.2 Å². The van der Waals surface area contributed by atoms with Crippen molar-refractivity contribution in [3.8, 4) is 0 Å². The minimum atomic E-state index is -0.710. The standard InChI is InChI=1S/C11H14N2O2/c1-3-9-8(4-7-15-9)10(14)11-12-5-6-13(11)2/h4-7,10,14H,3H2,1-2H3. The Bertz CT molecular complexity index is 445. The van der Waals surface area contributed by atoms with E-state index in [4.69, 9.17) is 4.42 Å². The fourth-order valence-corrected chi connectivity index (χ4v) is 1.66. The molecule has 2 heterocycles. The highest BCUT2D eigenvalue weighted by atomic mass is 16.3. The third kappa shape index (κ3) is 1.68. The highest BCUT2D eigenvalue weighted by molar-refractivity contribution is 5.25. The second-order valence-electron chi connectivity index (χ2n) is 3.45. The van der Waals surface area contributed by atoms with Crippen molar-refractivity contribution in [1.82, 2.24) is 9.55 Å². The molecule has 0 aliphatic heterocycles. The maximum Gasteiger partial charge on any atom is 0.142 e. The van der Waals surface area contributed by atoms with Gasteiger partial charge in [0.25, 0.3) is 0 Å². The van der Waals surface area contributed by atoms with E-state index in [0.29, 0.717) is 5.82 Å². The molecule has 1 atom stereocenters. The Morgan fingerprint density at radius 2 is 2.40 bits per heavy atom. The molecular weight excluding hydrogens is 192 g/mol. The molecule has 2 aromatic heterocycles. The Morgan fingerprint density at radius 1 is 1.60 bits per heavy atom. The molecule has 0 saturated heterocycles. The van der Waals surface area contributed by atoms with Gasteiger partial charge >= 0.3 is 0 Å². The molecule has 0 saturated carbocycles. The number of imidazole rings is 1. The summed E-state index contributed by atoms with van der Waals surface area (Å²) in [6.07, 6.45) is 5.14. The second-order valence-corrected chi connectivity index (χ2v) is 3.45. The van der Waals surface area contributed by atoms with Gasteiger partial charge in [0.1, 0.15) is 17.7 Å². The Morgan fingerprint density at radius 3 is 3.00 bits per heavy atom. The zero-order valence-electron chi connectivity index (χ0n) is 8.84. The quantitative estimate of drug-likeness (QED) is 0.830. The molecular formula is C11H14N2O2. The number of furan rings is 1. The fourth-order valence-electron chi connectivity index (χ4n) is 1.66. The number of aliphatic hydroxyl groups excluding tert-OH is 1. The van der Waals surface area contributed by atoms with Crippen LogP contribution in [0.25, 0.3) is 0 Å². The van der Waals surface area contributed by atoms with Gasteiger partial charge in [0.2, 0.25) is 0 Å². The first-order valence-corrected chi connectivity index (χ1v) is 4.95. The first-order valence-electron chi connectivity index (χ1n) is 4.95. The molecule has 4 nitrogen and oxygen atoms in total. The van der Waals surface area contributed by atoms with E-state index in [1.165, 1.54) is 0 Å². The lowest BCUT2D eigenvalue weighted by molar-refractivity contribution is 0.203. The lowest BCUT2D eigenvalue weighted by Gasteiger charge is -2.09. The highest BCUT2D eigenvalue weighted by Gasteiger charge is 2.19. The molecule has 15 heavy (non-hydrogen) atoms. The van der Waals surface area contributed by atoms with Crippen molar-refractivity contribution in [3.63, 3.8) is 0 Å². The molecule has 0 fully saturated rings. The van der Waals surface area contributed by atoms with Gasteiger partial charge in [0.15, 0.2) is 0 Å². The largest absolute Gasteiger partial charge is 0.469 e. The lowest BCUT2D eigenvalue weighted by Crippen LogP contribution is -2.07. The molecule has 1 unspecified atom stereocenters. The number of hydrogen-bond acceptors (Lipinski definition) is 3. The number of hydrogen-bond donors (Lipinski definition) is 1. The molecule has 1 N–H and O–H groups in total. The van der Waals surface area contributed by atoms with Crippen molar-refractivity contribution >= 4 is 0 Å². The zero-order chi connectivity index (χ0) is 10.8. The van der Waals surface area contributed by atoms with Gasteiger partial charge in [-0.25, -0.2) is 4.98 Å². The summed E-state index contributed by atoms with van der Waals surface area (Å²) in [5.41, 5.74) is 0.798. The topological polar surface area (TPSA) is 51.2 Å². The molecule has 0 bridgehead atoms. The monoisotopic (exact) mass is 206 g/mol. The molecule has 0 amide bonds. The van der Waals surface area contributed by atoms with Gasteiger partial charge < -0.3 is 14.1 Å². The molecule has 0 aliphatic rings. The summed E-state index contributed by atoms with van der Waals surface area (Å²) in [7, 11) is 1.86. The van der Waals surface area contributed by atoms with E-state index in [-0.39, 0.29) is 0 Å².